The molecule has 3 rings (SSSR count). The Morgan fingerprint density at radius 3 is 2.74 bits per heavy atom. The van der Waals surface area contributed by atoms with E-state index in [1.54, 1.807) is 23.1 Å². The van der Waals surface area contributed by atoms with E-state index in [2.05, 4.69) is 0 Å². The molecule has 2 aromatic carbocycles. The second-order valence-corrected chi connectivity index (χ2v) is 6.78. The summed E-state index contributed by atoms with van der Waals surface area (Å²) in [5.74, 6) is 1.91. The Morgan fingerprint density at radius 2 is 1.93 bits per heavy atom. The molecule has 0 spiro atoms. The highest BCUT2D eigenvalue weighted by atomic mass is 35.5. The van der Waals surface area contributed by atoms with Gasteiger partial charge in [-0.2, -0.15) is 0 Å². The van der Waals surface area contributed by atoms with Gasteiger partial charge in [-0.05, 0) is 25.1 Å². The van der Waals surface area contributed by atoms with E-state index in [-0.39, 0.29) is 18.9 Å². The van der Waals surface area contributed by atoms with Crippen LogP contribution in [0.3, 0.4) is 0 Å². The normalized spacial score (nSPS) is 12.6. The van der Waals surface area contributed by atoms with E-state index in [0.29, 0.717) is 42.1 Å². The molecule has 1 aliphatic rings. The average molecular weight is 410 g/mol. The van der Waals surface area contributed by atoms with Gasteiger partial charge in [-0.15, -0.1) is 0 Å². The maximum absolute atomic E-state index is 12.6. The molecule has 0 bridgehead atoms. The van der Waals surface area contributed by atoms with Gasteiger partial charge in [0.05, 0.1) is 18.1 Å². The lowest BCUT2D eigenvalue weighted by Gasteiger charge is -2.25. The monoisotopic (exact) mass is 409 g/mol. The zero-order valence-corrected chi connectivity index (χ0v) is 16.6. The number of hydrogen-bond donors (Lipinski definition) is 0. The number of nitrogens with zero attached hydrogens (tertiary/aromatic N) is 1. The van der Waals surface area contributed by atoms with E-state index in [0.717, 1.165) is 17.1 Å². The van der Waals surface area contributed by atoms with Crippen LogP contribution in [-0.4, -0.2) is 37.2 Å². The summed E-state index contributed by atoms with van der Waals surface area (Å²) in [6, 6.07) is 10.9. The second kappa shape index (κ2) is 9.20. The van der Waals surface area contributed by atoms with Crippen molar-refractivity contribution in [2.75, 3.05) is 26.4 Å². The van der Waals surface area contributed by atoms with Crippen LogP contribution in [0.25, 0.3) is 0 Å². The van der Waals surface area contributed by atoms with Crippen LogP contribution < -0.4 is 14.2 Å². The Kier molecular flexibility index (Phi) is 6.69. The third kappa shape index (κ3) is 4.79. The first-order valence-electron chi connectivity index (χ1n) is 8.82. The summed E-state index contributed by atoms with van der Waals surface area (Å²) in [5.41, 5.74) is 0.932. The zero-order valence-electron chi connectivity index (χ0n) is 15.0. The Morgan fingerprint density at radius 1 is 1.15 bits per heavy atom. The highest BCUT2D eigenvalue weighted by Gasteiger charge is 2.19. The fourth-order valence-corrected chi connectivity index (χ4v) is 3.19. The van der Waals surface area contributed by atoms with Crippen molar-refractivity contribution < 1.29 is 19.0 Å². The lowest BCUT2D eigenvalue weighted by molar-refractivity contribution is -0.132. The van der Waals surface area contributed by atoms with Gasteiger partial charge in [-0.1, -0.05) is 41.4 Å². The van der Waals surface area contributed by atoms with Gasteiger partial charge in [0.25, 0.3) is 0 Å². The molecule has 0 unspecified atom stereocenters. The molecule has 7 heteroatoms. The number of rotatable bonds is 7. The molecule has 1 aliphatic heterocycles. The van der Waals surface area contributed by atoms with Crippen molar-refractivity contribution in [1.29, 1.82) is 0 Å². The maximum Gasteiger partial charge on any atom is 0.226 e. The summed E-state index contributed by atoms with van der Waals surface area (Å²) < 4.78 is 16.9. The van der Waals surface area contributed by atoms with Crippen LogP contribution in [0.1, 0.15) is 18.9 Å². The molecular formula is C20H21Cl2NO4. The summed E-state index contributed by atoms with van der Waals surface area (Å²) in [5, 5.41) is 0.777. The van der Waals surface area contributed by atoms with Gasteiger partial charge in [0.15, 0.2) is 11.5 Å². The van der Waals surface area contributed by atoms with Gasteiger partial charge in [-0.25, -0.2) is 0 Å². The molecular weight excluding hydrogens is 389 g/mol. The molecule has 0 aromatic heterocycles. The second-order valence-electron chi connectivity index (χ2n) is 6.00. The van der Waals surface area contributed by atoms with Crippen molar-refractivity contribution in [1.82, 2.24) is 4.90 Å². The number of amides is 1. The van der Waals surface area contributed by atoms with Crippen molar-refractivity contribution >= 4 is 29.1 Å². The predicted octanol–water partition coefficient (Wildman–Crippen LogP) is 4.58. The lowest BCUT2D eigenvalue weighted by atomic mass is 10.1. The van der Waals surface area contributed by atoms with Crippen LogP contribution in [-0.2, 0) is 11.3 Å². The van der Waals surface area contributed by atoms with Crippen molar-refractivity contribution in [3.05, 3.63) is 52.0 Å². The topological polar surface area (TPSA) is 48.0 Å². The van der Waals surface area contributed by atoms with E-state index in [9.17, 15) is 4.79 Å². The van der Waals surface area contributed by atoms with E-state index >= 15 is 0 Å². The molecule has 144 valence electrons. The van der Waals surface area contributed by atoms with Crippen molar-refractivity contribution in [2.24, 2.45) is 0 Å². The maximum atomic E-state index is 12.6. The minimum atomic E-state index is -0.00928. The first-order valence-corrected chi connectivity index (χ1v) is 9.57. The van der Waals surface area contributed by atoms with Gasteiger partial charge in [0.1, 0.15) is 24.0 Å². The Hall–Kier alpha value is -2.11. The van der Waals surface area contributed by atoms with Crippen LogP contribution in [0.4, 0.5) is 0 Å². The van der Waals surface area contributed by atoms with Gasteiger partial charge in [0.2, 0.25) is 5.91 Å². The number of ether oxygens (including phenoxy) is 3. The number of fused-ring (bicyclic) bond motifs is 1. The zero-order chi connectivity index (χ0) is 19.2. The summed E-state index contributed by atoms with van der Waals surface area (Å²) >= 11 is 12.1. The number of halogens is 2. The predicted molar refractivity (Wildman–Crippen MR) is 105 cm³/mol. The van der Waals surface area contributed by atoms with E-state index in [1.165, 1.54) is 0 Å². The number of hydrogen-bond acceptors (Lipinski definition) is 4. The quantitative estimate of drug-likeness (QED) is 0.671. The summed E-state index contributed by atoms with van der Waals surface area (Å²) in [6.07, 6.45) is 0.239. The van der Waals surface area contributed by atoms with Crippen LogP contribution in [0.5, 0.6) is 17.2 Å². The fourth-order valence-electron chi connectivity index (χ4n) is 2.84. The molecule has 0 saturated carbocycles. The molecule has 1 amide bonds. The average Bonchev–Trinajstić information content (AvgIpc) is 2.69. The molecule has 0 atom stereocenters. The number of carbonyl (C=O) groups is 1. The van der Waals surface area contributed by atoms with Gasteiger partial charge >= 0.3 is 0 Å². The van der Waals surface area contributed by atoms with Crippen LogP contribution >= 0.6 is 23.2 Å². The molecule has 2 aromatic rings. The largest absolute Gasteiger partial charge is 0.491 e. The van der Waals surface area contributed by atoms with Crippen LogP contribution in [0.2, 0.25) is 10.0 Å². The minimum absolute atomic E-state index is 0.00928. The highest BCUT2D eigenvalue weighted by Crippen LogP contribution is 2.34. The Labute approximate surface area is 168 Å². The molecule has 0 N–H and O–H groups in total. The Balaban J connectivity index is 1.59. The number of benzene rings is 2. The molecule has 0 fully saturated rings. The number of para-hydroxylation sites is 1. The lowest BCUT2D eigenvalue weighted by Crippen LogP contribution is -2.31. The molecule has 0 aliphatic carbocycles. The SMILES string of the molecule is CCN(Cc1cccc2c1OCCO2)C(=O)CCOc1cccc(Cl)c1Cl. The number of carbonyl (C=O) groups excluding carboxylic acids is 1. The highest BCUT2D eigenvalue weighted by molar-refractivity contribution is 6.42. The molecule has 1 heterocycles. The van der Waals surface area contributed by atoms with Gasteiger partial charge in [0, 0.05) is 18.7 Å². The third-order valence-corrected chi connectivity index (χ3v) is 5.03. The fraction of sp³-hybridized carbons (Fsp3) is 0.350. The molecule has 5 nitrogen and oxygen atoms in total. The standard InChI is InChI=1S/C20H21Cl2NO4/c1-2-23(13-14-5-3-8-17-20(14)27-12-11-26-17)18(24)9-10-25-16-7-4-6-15(21)19(16)22/h3-8H,2,9-13H2,1H3. The molecule has 0 radical (unpaired) electrons. The summed E-state index contributed by atoms with van der Waals surface area (Å²) in [7, 11) is 0. The first kappa shape index (κ1) is 19.6. The smallest absolute Gasteiger partial charge is 0.226 e. The van der Waals surface area contributed by atoms with E-state index < -0.39 is 0 Å². The minimum Gasteiger partial charge on any atom is -0.491 e. The summed E-state index contributed by atoms with van der Waals surface area (Å²) in [6.45, 7) is 4.26. The molecule has 27 heavy (non-hydrogen) atoms. The van der Waals surface area contributed by atoms with Gasteiger partial charge in [-0.3, -0.25) is 4.79 Å². The van der Waals surface area contributed by atoms with Crippen LogP contribution in [0, 0.1) is 0 Å². The van der Waals surface area contributed by atoms with E-state index in [1.807, 2.05) is 25.1 Å². The Bertz CT molecular complexity index is 813. The van der Waals surface area contributed by atoms with Crippen molar-refractivity contribution in [3.63, 3.8) is 0 Å². The third-order valence-electron chi connectivity index (χ3n) is 4.23. The first-order chi connectivity index (χ1) is 13.1. The van der Waals surface area contributed by atoms with Crippen LogP contribution in [0.15, 0.2) is 36.4 Å². The summed E-state index contributed by atoms with van der Waals surface area (Å²) in [4.78, 5) is 14.4. The molecule has 0 saturated heterocycles. The van der Waals surface area contributed by atoms with Gasteiger partial charge < -0.3 is 19.1 Å². The van der Waals surface area contributed by atoms with Crippen molar-refractivity contribution in [3.8, 4) is 17.2 Å². The van der Waals surface area contributed by atoms with Crippen molar-refractivity contribution in [2.45, 2.75) is 19.9 Å². The van der Waals surface area contributed by atoms with E-state index in [4.69, 9.17) is 37.4 Å².